The molecule has 0 aliphatic carbocycles. The highest BCUT2D eigenvalue weighted by Gasteiger charge is 2.48. The number of carbonyl (C=O) groups is 2. The summed E-state index contributed by atoms with van der Waals surface area (Å²) in [5.74, 6) is -0.438. The van der Waals surface area contributed by atoms with Gasteiger partial charge in [-0.2, -0.15) is 0 Å². The van der Waals surface area contributed by atoms with Gasteiger partial charge in [-0.3, -0.25) is 14.5 Å². The molecule has 2 aromatic carbocycles. The lowest BCUT2D eigenvalue weighted by Crippen LogP contribution is -2.29. The van der Waals surface area contributed by atoms with Crippen molar-refractivity contribution in [2.75, 3.05) is 18.1 Å². The Balaban J connectivity index is 1.75. The first-order valence-electron chi connectivity index (χ1n) is 12.2. The van der Waals surface area contributed by atoms with Crippen molar-refractivity contribution in [3.63, 3.8) is 0 Å². The van der Waals surface area contributed by atoms with E-state index < -0.39 is 17.7 Å². The molecule has 1 amide bonds. The lowest BCUT2D eigenvalue weighted by Gasteiger charge is -2.23. The van der Waals surface area contributed by atoms with E-state index in [1.54, 1.807) is 35.8 Å². The summed E-state index contributed by atoms with van der Waals surface area (Å²) in [5.41, 5.74) is 1.09. The zero-order chi connectivity index (χ0) is 25.5. The van der Waals surface area contributed by atoms with Crippen molar-refractivity contribution in [3.8, 4) is 11.5 Å². The highest BCUT2D eigenvalue weighted by atomic mass is 32.1. The molecule has 3 aromatic rings. The molecule has 188 valence electrons. The van der Waals surface area contributed by atoms with Crippen molar-refractivity contribution in [3.05, 3.63) is 76.8 Å². The normalized spacial score (nSPS) is 16.9. The summed E-state index contributed by atoms with van der Waals surface area (Å²) in [6.45, 7) is 5.35. The summed E-state index contributed by atoms with van der Waals surface area (Å²) in [5, 5.41) is 13.5. The number of hydrogen-bond acceptors (Lipinski definition) is 7. The fourth-order valence-corrected chi connectivity index (χ4v) is 4.65. The number of nitrogens with zero attached hydrogens (tertiary/aromatic N) is 2. The highest BCUT2D eigenvalue weighted by Crippen LogP contribution is 2.43. The van der Waals surface area contributed by atoms with Gasteiger partial charge in [0.15, 0.2) is 5.13 Å². The van der Waals surface area contributed by atoms with Crippen LogP contribution in [0.3, 0.4) is 0 Å². The largest absolute Gasteiger partial charge is 0.507 e. The molecule has 0 radical (unpaired) electrons. The third kappa shape index (κ3) is 5.44. The quantitative estimate of drug-likeness (QED) is 0.146. The van der Waals surface area contributed by atoms with Gasteiger partial charge in [0.1, 0.15) is 17.3 Å². The van der Waals surface area contributed by atoms with Crippen molar-refractivity contribution in [1.82, 2.24) is 4.98 Å². The van der Waals surface area contributed by atoms with Crippen LogP contribution in [0.15, 0.2) is 65.7 Å². The number of rotatable bonds is 11. The fraction of sp³-hybridized carbons (Fsp3) is 0.321. The van der Waals surface area contributed by atoms with Crippen LogP contribution in [0.4, 0.5) is 5.13 Å². The molecule has 1 N–H and O–H groups in total. The Kier molecular flexibility index (Phi) is 8.38. The Labute approximate surface area is 215 Å². The standard InChI is InChI=1S/C28H30N2O5S/c1-3-5-15-34-21-12-10-19(11-13-21)24-23(26(32)27(33)30(24)28-29-14-17-36-28)25(31)20-8-7-9-22(18-20)35-16-6-4-2/h7-14,17-18,24,31H,3-6,15-16H2,1-2H3. The number of hydrogen-bond donors (Lipinski definition) is 1. The van der Waals surface area contributed by atoms with Crippen LogP contribution in [-0.2, 0) is 9.59 Å². The second-order valence-electron chi connectivity index (χ2n) is 8.48. The molecule has 1 unspecified atom stereocenters. The monoisotopic (exact) mass is 506 g/mol. The van der Waals surface area contributed by atoms with Crippen LogP contribution in [0.5, 0.6) is 11.5 Å². The molecule has 8 heteroatoms. The number of aliphatic hydroxyl groups excluding tert-OH is 1. The van der Waals surface area contributed by atoms with Crippen molar-refractivity contribution in [1.29, 1.82) is 0 Å². The number of benzene rings is 2. The molecule has 4 rings (SSSR count). The molecule has 1 atom stereocenters. The Bertz CT molecular complexity index is 1220. The van der Waals surface area contributed by atoms with Crippen LogP contribution in [0.25, 0.3) is 5.76 Å². The number of carbonyl (C=O) groups excluding carboxylic acids is 2. The van der Waals surface area contributed by atoms with Crippen molar-refractivity contribution in [2.24, 2.45) is 0 Å². The molecule has 1 aliphatic rings. The van der Waals surface area contributed by atoms with Gasteiger partial charge in [0, 0.05) is 17.1 Å². The van der Waals surface area contributed by atoms with E-state index in [2.05, 4.69) is 18.8 Å². The molecule has 1 saturated heterocycles. The molecule has 0 bridgehead atoms. The van der Waals surface area contributed by atoms with Crippen LogP contribution in [0.1, 0.15) is 56.7 Å². The minimum absolute atomic E-state index is 0.0144. The summed E-state index contributed by atoms with van der Waals surface area (Å²) < 4.78 is 11.5. The molecule has 1 aliphatic heterocycles. The summed E-state index contributed by atoms with van der Waals surface area (Å²) in [6.07, 6.45) is 5.48. The van der Waals surface area contributed by atoms with Crippen LogP contribution < -0.4 is 14.4 Å². The SMILES string of the molecule is CCCCOc1ccc(C2C(=C(O)c3cccc(OCCCC)c3)C(=O)C(=O)N2c2nccs2)cc1. The van der Waals surface area contributed by atoms with Gasteiger partial charge in [0.05, 0.1) is 24.8 Å². The second kappa shape index (κ2) is 11.9. The fourth-order valence-electron chi connectivity index (χ4n) is 3.98. The summed E-state index contributed by atoms with van der Waals surface area (Å²) in [7, 11) is 0. The van der Waals surface area contributed by atoms with E-state index in [4.69, 9.17) is 9.47 Å². The molecule has 0 saturated carbocycles. The van der Waals surface area contributed by atoms with E-state index in [-0.39, 0.29) is 11.3 Å². The molecule has 2 heterocycles. The topological polar surface area (TPSA) is 89.0 Å². The number of anilines is 1. The molecule has 36 heavy (non-hydrogen) atoms. The Morgan fingerprint density at radius 1 is 1.00 bits per heavy atom. The van der Waals surface area contributed by atoms with E-state index in [0.717, 1.165) is 25.7 Å². The zero-order valence-electron chi connectivity index (χ0n) is 20.5. The minimum atomic E-state index is -0.828. The van der Waals surface area contributed by atoms with Gasteiger partial charge < -0.3 is 14.6 Å². The number of amides is 1. The summed E-state index contributed by atoms with van der Waals surface area (Å²) in [6, 6.07) is 13.4. The third-order valence-electron chi connectivity index (χ3n) is 5.91. The second-order valence-corrected chi connectivity index (χ2v) is 9.36. The maximum absolute atomic E-state index is 13.3. The molecule has 1 aromatic heterocycles. The first kappa shape index (κ1) is 25.4. The maximum atomic E-state index is 13.3. The highest BCUT2D eigenvalue weighted by molar-refractivity contribution is 7.14. The molecule has 1 fully saturated rings. The van der Waals surface area contributed by atoms with Gasteiger partial charge in [0.2, 0.25) is 0 Å². The third-order valence-corrected chi connectivity index (χ3v) is 6.68. The zero-order valence-corrected chi connectivity index (χ0v) is 21.3. The first-order valence-corrected chi connectivity index (χ1v) is 13.1. The minimum Gasteiger partial charge on any atom is -0.507 e. The number of ketones is 1. The van der Waals surface area contributed by atoms with Crippen molar-refractivity contribution >= 4 is 33.9 Å². The summed E-state index contributed by atoms with van der Waals surface area (Å²) >= 11 is 1.26. The molecule has 7 nitrogen and oxygen atoms in total. The first-order chi connectivity index (χ1) is 17.5. The predicted molar refractivity (Wildman–Crippen MR) is 141 cm³/mol. The van der Waals surface area contributed by atoms with Gasteiger partial charge in [-0.15, -0.1) is 11.3 Å². The smallest absolute Gasteiger partial charge is 0.301 e. The van der Waals surface area contributed by atoms with Crippen LogP contribution in [-0.4, -0.2) is 35.0 Å². The van der Waals surface area contributed by atoms with Crippen LogP contribution >= 0.6 is 11.3 Å². The predicted octanol–water partition coefficient (Wildman–Crippen LogP) is 6.13. The number of aromatic nitrogens is 1. The average molecular weight is 507 g/mol. The number of Topliss-reactive ketones (excluding diaryl/α,β-unsaturated/α-hetero) is 1. The van der Waals surface area contributed by atoms with Crippen LogP contribution in [0, 0.1) is 0 Å². The average Bonchev–Trinajstić information content (AvgIpc) is 3.51. The van der Waals surface area contributed by atoms with Gasteiger partial charge in [0.25, 0.3) is 5.78 Å². The van der Waals surface area contributed by atoms with Gasteiger partial charge in [-0.05, 0) is 42.7 Å². The maximum Gasteiger partial charge on any atom is 0.301 e. The van der Waals surface area contributed by atoms with Crippen LogP contribution in [0.2, 0.25) is 0 Å². The lowest BCUT2D eigenvalue weighted by molar-refractivity contribution is -0.132. The number of ether oxygens (including phenoxy) is 2. The lowest BCUT2D eigenvalue weighted by atomic mass is 9.95. The molecule has 0 spiro atoms. The molecular formula is C28H30N2O5S. The van der Waals surface area contributed by atoms with E-state index in [9.17, 15) is 14.7 Å². The van der Waals surface area contributed by atoms with Gasteiger partial charge in [-0.25, -0.2) is 4.98 Å². The molecular weight excluding hydrogens is 476 g/mol. The summed E-state index contributed by atoms with van der Waals surface area (Å²) in [4.78, 5) is 32.0. The number of thiazole rings is 1. The van der Waals surface area contributed by atoms with E-state index in [1.807, 2.05) is 24.3 Å². The van der Waals surface area contributed by atoms with Gasteiger partial charge >= 0.3 is 5.91 Å². The van der Waals surface area contributed by atoms with E-state index >= 15 is 0 Å². The van der Waals surface area contributed by atoms with Crippen molar-refractivity contribution < 1.29 is 24.2 Å². The van der Waals surface area contributed by atoms with E-state index in [1.165, 1.54) is 16.2 Å². The Morgan fingerprint density at radius 3 is 2.33 bits per heavy atom. The Morgan fingerprint density at radius 2 is 1.69 bits per heavy atom. The number of aliphatic hydroxyl groups is 1. The number of unbranched alkanes of at least 4 members (excludes halogenated alkanes) is 2. The van der Waals surface area contributed by atoms with E-state index in [0.29, 0.717) is 41.0 Å². The van der Waals surface area contributed by atoms with Gasteiger partial charge in [-0.1, -0.05) is 51.0 Å². The van der Waals surface area contributed by atoms with Crippen molar-refractivity contribution in [2.45, 2.75) is 45.6 Å². The Hall–Kier alpha value is -3.65.